The molecule has 1 aromatic rings. The molecule has 0 aliphatic heterocycles. The van der Waals surface area contributed by atoms with Crippen molar-refractivity contribution in [2.24, 2.45) is 5.92 Å². The molecule has 2 rings (SSSR count). The molecular formula is C14H19NO2S. The molecule has 0 atom stereocenters. The van der Waals surface area contributed by atoms with Gasteiger partial charge in [0.1, 0.15) is 0 Å². The van der Waals surface area contributed by atoms with Gasteiger partial charge in [-0.15, -0.1) is 12.6 Å². The van der Waals surface area contributed by atoms with Gasteiger partial charge >= 0.3 is 0 Å². The second-order valence-corrected chi connectivity index (χ2v) is 5.63. The smallest absolute Gasteiger partial charge is 0.226 e. The van der Waals surface area contributed by atoms with Gasteiger partial charge in [-0.25, -0.2) is 0 Å². The van der Waals surface area contributed by atoms with Crippen LogP contribution in [0.4, 0.5) is 0 Å². The molecule has 0 bridgehead atoms. The Bertz CT molecular complexity index is 412. The van der Waals surface area contributed by atoms with E-state index in [0.717, 1.165) is 29.8 Å². The van der Waals surface area contributed by atoms with Crippen LogP contribution in [0, 0.1) is 5.92 Å². The number of likely N-dealkylation sites (N-methyl/N-ethyl adjacent to an activating group) is 1. The molecule has 1 aliphatic carbocycles. The highest BCUT2D eigenvalue weighted by atomic mass is 32.1. The lowest BCUT2D eigenvalue weighted by atomic mass is 9.82. The molecule has 0 unspecified atom stereocenters. The second-order valence-electron chi connectivity index (χ2n) is 5.11. The van der Waals surface area contributed by atoms with Crippen LogP contribution >= 0.6 is 12.6 Å². The highest BCUT2D eigenvalue weighted by Crippen LogP contribution is 2.27. The average molecular weight is 265 g/mol. The zero-order chi connectivity index (χ0) is 13.1. The third-order valence-corrected chi connectivity index (χ3v) is 3.76. The molecule has 0 radical (unpaired) electrons. The lowest BCUT2D eigenvalue weighted by Gasteiger charge is -2.34. The van der Waals surface area contributed by atoms with Gasteiger partial charge in [0, 0.05) is 18.5 Å². The molecule has 4 heteroatoms. The Morgan fingerprint density at radius 2 is 2.00 bits per heavy atom. The van der Waals surface area contributed by atoms with Crippen molar-refractivity contribution in [2.45, 2.75) is 30.3 Å². The zero-order valence-corrected chi connectivity index (χ0v) is 11.4. The summed E-state index contributed by atoms with van der Waals surface area (Å²) in [6, 6.07) is 7.66. The van der Waals surface area contributed by atoms with Crippen molar-refractivity contribution in [3.63, 3.8) is 0 Å². The number of carbonyl (C=O) groups excluding carboxylic acids is 1. The minimum Gasteiger partial charge on any atom is -0.393 e. The first-order chi connectivity index (χ1) is 8.54. The molecule has 0 aromatic heterocycles. The average Bonchev–Trinajstić information content (AvgIpc) is 2.30. The normalized spacial score (nSPS) is 22.4. The van der Waals surface area contributed by atoms with E-state index in [9.17, 15) is 9.90 Å². The number of thiol groups is 1. The molecule has 1 amide bonds. The first-order valence-electron chi connectivity index (χ1n) is 6.24. The van der Waals surface area contributed by atoms with Crippen molar-refractivity contribution in [3.8, 4) is 0 Å². The summed E-state index contributed by atoms with van der Waals surface area (Å²) in [5.74, 6) is 0.595. The molecule has 1 aromatic carbocycles. The summed E-state index contributed by atoms with van der Waals surface area (Å²) in [5, 5.41) is 9.22. The van der Waals surface area contributed by atoms with E-state index in [-0.39, 0.29) is 12.0 Å². The van der Waals surface area contributed by atoms with E-state index in [0.29, 0.717) is 12.3 Å². The molecule has 3 nitrogen and oxygen atoms in total. The van der Waals surface area contributed by atoms with Crippen molar-refractivity contribution >= 4 is 18.5 Å². The number of rotatable bonds is 4. The Labute approximate surface area is 113 Å². The maximum atomic E-state index is 12.0. The van der Waals surface area contributed by atoms with Crippen LogP contribution in [0.3, 0.4) is 0 Å². The van der Waals surface area contributed by atoms with Crippen molar-refractivity contribution in [2.75, 3.05) is 13.6 Å². The highest BCUT2D eigenvalue weighted by molar-refractivity contribution is 7.80. The molecule has 1 saturated carbocycles. The van der Waals surface area contributed by atoms with Gasteiger partial charge < -0.3 is 10.0 Å². The predicted octanol–water partition coefficient (Wildman–Crippen LogP) is 1.75. The molecule has 1 aliphatic rings. The second kappa shape index (κ2) is 5.76. The van der Waals surface area contributed by atoms with Crippen LogP contribution in [0.15, 0.2) is 29.2 Å². The molecular weight excluding hydrogens is 246 g/mol. The van der Waals surface area contributed by atoms with E-state index in [2.05, 4.69) is 12.6 Å². The number of hydrogen-bond acceptors (Lipinski definition) is 3. The lowest BCUT2D eigenvalue weighted by Crippen LogP contribution is -2.40. The number of carbonyl (C=O) groups is 1. The van der Waals surface area contributed by atoms with E-state index in [1.165, 1.54) is 0 Å². The first kappa shape index (κ1) is 13.4. The van der Waals surface area contributed by atoms with E-state index in [4.69, 9.17) is 0 Å². The summed E-state index contributed by atoms with van der Waals surface area (Å²) in [7, 11) is 1.83. The maximum Gasteiger partial charge on any atom is 0.226 e. The Morgan fingerprint density at radius 3 is 2.56 bits per heavy atom. The number of nitrogens with zero attached hydrogens (tertiary/aromatic N) is 1. The molecule has 1 N–H and O–H groups in total. The van der Waals surface area contributed by atoms with E-state index < -0.39 is 0 Å². The molecule has 18 heavy (non-hydrogen) atoms. The summed E-state index contributed by atoms with van der Waals surface area (Å²) in [6.45, 7) is 0.751. The Balaban J connectivity index is 1.81. The number of benzene rings is 1. The van der Waals surface area contributed by atoms with Crippen LogP contribution in [0.1, 0.15) is 18.4 Å². The molecule has 98 valence electrons. The minimum absolute atomic E-state index is 0.128. The topological polar surface area (TPSA) is 40.5 Å². The van der Waals surface area contributed by atoms with Crippen LogP contribution in [0.25, 0.3) is 0 Å². The third kappa shape index (κ3) is 3.50. The lowest BCUT2D eigenvalue weighted by molar-refractivity contribution is -0.130. The third-order valence-electron chi connectivity index (χ3n) is 3.46. The standard InChI is InChI=1S/C14H19NO2S/c1-15(9-11-6-12(16)7-11)14(17)8-10-2-4-13(18)5-3-10/h2-5,11-12,16,18H,6-9H2,1H3. The van der Waals surface area contributed by atoms with Gasteiger partial charge in [-0.1, -0.05) is 12.1 Å². The summed E-state index contributed by atoms with van der Waals surface area (Å²) < 4.78 is 0. The van der Waals surface area contributed by atoms with Crippen LogP contribution < -0.4 is 0 Å². The van der Waals surface area contributed by atoms with Crippen molar-refractivity contribution in [1.29, 1.82) is 0 Å². The fourth-order valence-corrected chi connectivity index (χ4v) is 2.41. The summed E-state index contributed by atoms with van der Waals surface area (Å²) in [4.78, 5) is 14.7. The van der Waals surface area contributed by atoms with Crippen LogP contribution in [0.5, 0.6) is 0 Å². The van der Waals surface area contributed by atoms with E-state index in [1.54, 1.807) is 4.90 Å². The summed E-state index contributed by atoms with van der Waals surface area (Å²) >= 11 is 4.22. The van der Waals surface area contributed by atoms with Crippen molar-refractivity contribution in [1.82, 2.24) is 4.90 Å². The van der Waals surface area contributed by atoms with Gasteiger partial charge in [-0.3, -0.25) is 4.79 Å². The largest absolute Gasteiger partial charge is 0.393 e. The van der Waals surface area contributed by atoms with Crippen LogP contribution in [-0.2, 0) is 11.2 Å². The van der Waals surface area contributed by atoms with E-state index >= 15 is 0 Å². The summed E-state index contributed by atoms with van der Waals surface area (Å²) in [5.41, 5.74) is 1.01. The summed E-state index contributed by atoms with van der Waals surface area (Å²) in [6.07, 6.45) is 1.93. The molecule has 0 spiro atoms. The number of aliphatic hydroxyl groups excluding tert-OH is 1. The monoisotopic (exact) mass is 265 g/mol. The van der Waals surface area contributed by atoms with Gasteiger partial charge in [0.05, 0.1) is 12.5 Å². The number of amides is 1. The SMILES string of the molecule is CN(CC1CC(O)C1)C(=O)Cc1ccc(S)cc1. The van der Waals surface area contributed by atoms with Crippen molar-refractivity contribution in [3.05, 3.63) is 29.8 Å². The van der Waals surface area contributed by atoms with Gasteiger partial charge in [-0.2, -0.15) is 0 Å². The zero-order valence-electron chi connectivity index (χ0n) is 10.5. The highest BCUT2D eigenvalue weighted by Gasteiger charge is 2.28. The molecule has 0 heterocycles. The van der Waals surface area contributed by atoms with Crippen molar-refractivity contribution < 1.29 is 9.90 Å². The quantitative estimate of drug-likeness (QED) is 0.814. The minimum atomic E-state index is -0.151. The fourth-order valence-electron chi connectivity index (χ4n) is 2.26. The first-order valence-corrected chi connectivity index (χ1v) is 6.69. The predicted molar refractivity (Wildman–Crippen MR) is 73.8 cm³/mol. The van der Waals surface area contributed by atoms with Gasteiger partial charge in [0.25, 0.3) is 0 Å². The van der Waals surface area contributed by atoms with Gasteiger partial charge in [0.15, 0.2) is 0 Å². The van der Waals surface area contributed by atoms with Crippen LogP contribution in [0.2, 0.25) is 0 Å². The Morgan fingerprint density at radius 1 is 1.39 bits per heavy atom. The molecule has 0 saturated heterocycles. The maximum absolute atomic E-state index is 12.0. The van der Waals surface area contributed by atoms with E-state index in [1.807, 2.05) is 31.3 Å². The Hall–Kier alpha value is -1.00. The number of hydrogen-bond donors (Lipinski definition) is 2. The van der Waals surface area contributed by atoms with Crippen LogP contribution in [-0.4, -0.2) is 35.6 Å². The molecule has 1 fully saturated rings. The van der Waals surface area contributed by atoms with Gasteiger partial charge in [0.2, 0.25) is 5.91 Å². The fraction of sp³-hybridized carbons (Fsp3) is 0.500. The Kier molecular flexibility index (Phi) is 4.30. The number of aliphatic hydroxyl groups is 1. The van der Waals surface area contributed by atoms with Gasteiger partial charge in [-0.05, 0) is 36.5 Å².